The van der Waals surface area contributed by atoms with Gasteiger partial charge in [-0.3, -0.25) is 14.2 Å². The van der Waals surface area contributed by atoms with Gasteiger partial charge in [-0.2, -0.15) is 8.78 Å². The van der Waals surface area contributed by atoms with E-state index < -0.39 is 12.6 Å². The highest BCUT2D eigenvalue weighted by Crippen LogP contribution is 2.29. The van der Waals surface area contributed by atoms with Crippen molar-refractivity contribution in [3.63, 3.8) is 0 Å². The minimum atomic E-state index is -2.97. The molecule has 0 atom stereocenters. The number of fused-ring (bicyclic) bond motifs is 1. The second-order valence-electron chi connectivity index (χ2n) is 5.66. The lowest BCUT2D eigenvalue weighted by Gasteiger charge is -2.12. The standard InChI is InChI=1S/C18H16F2N2O5S/c1-25-14-8-11(2-3-13(14)27-18(19)20)9-26-15(23)4-6-22-10-21-16-12(17(22)24)5-7-28-16/h2-3,5,7-8,10,18H,4,6,9H2,1H3. The third-order valence-electron chi connectivity index (χ3n) is 3.85. The number of ether oxygens (including phenoxy) is 3. The number of aryl methyl sites for hydroxylation is 1. The van der Waals surface area contributed by atoms with Crippen molar-refractivity contribution < 1.29 is 27.8 Å². The summed E-state index contributed by atoms with van der Waals surface area (Å²) in [7, 11) is 1.32. The van der Waals surface area contributed by atoms with Crippen molar-refractivity contribution in [3.05, 3.63) is 51.9 Å². The number of thiophene rings is 1. The molecule has 0 saturated heterocycles. The first-order valence-corrected chi connectivity index (χ1v) is 9.06. The Hall–Kier alpha value is -3.01. The monoisotopic (exact) mass is 410 g/mol. The van der Waals surface area contributed by atoms with Gasteiger partial charge in [0.05, 0.1) is 25.2 Å². The van der Waals surface area contributed by atoms with E-state index in [1.807, 2.05) is 0 Å². The summed E-state index contributed by atoms with van der Waals surface area (Å²) in [6.07, 6.45) is 1.39. The fourth-order valence-corrected chi connectivity index (χ4v) is 3.22. The zero-order valence-corrected chi connectivity index (χ0v) is 15.6. The van der Waals surface area contributed by atoms with Gasteiger partial charge in [-0.15, -0.1) is 11.3 Å². The number of hydrogen-bond donors (Lipinski definition) is 0. The third kappa shape index (κ3) is 4.63. The van der Waals surface area contributed by atoms with Crippen LogP contribution >= 0.6 is 11.3 Å². The van der Waals surface area contributed by atoms with Crippen molar-refractivity contribution in [1.29, 1.82) is 0 Å². The van der Waals surface area contributed by atoms with Crippen molar-refractivity contribution in [3.8, 4) is 11.5 Å². The summed E-state index contributed by atoms with van der Waals surface area (Å²) >= 11 is 1.37. The number of aromatic nitrogens is 2. The smallest absolute Gasteiger partial charge is 0.387 e. The maximum absolute atomic E-state index is 12.3. The van der Waals surface area contributed by atoms with Gasteiger partial charge in [0.1, 0.15) is 11.4 Å². The SMILES string of the molecule is COc1cc(COC(=O)CCn2cnc3sccc3c2=O)ccc1OC(F)F. The maximum atomic E-state index is 12.3. The number of methoxy groups -OCH3 is 1. The van der Waals surface area contributed by atoms with Crippen LogP contribution in [0.2, 0.25) is 0 Å². The van der Waals surface area contributed by atoms with E-state index in [1.165, 1.54) is 47.5 Å². The van der Waals surface area contributed by atoms with Crippen LogP contribution in [0.3, 0.4) is 0 Å². The van der Waals surface area contributed by atoms with Crippen LogP contribution in [0, 0.1) is 0 Å². The van der Waals surface area contributed by atoms with Crippen LogP contribution in [0.4, 0.5) is 8.78 Å². The minimum absolute atomic E-state index is 0.0130. The van der Waals surface area contributed by atoms with Gasteiger partial charge in [0.25, 0.3) is 5.56 Å². The predicted molar refractivity (Wildman–Crippen MR) is 97.9 cm³/mol. The van der Waals surface area contributed by atoms with E-state index in [2.05, 4.69) is 9.72 Å². The molecule has 2 heterocycles. The molecule has 0 spiro atoms. The summed E-state index contributed by atoms with van der Waals surface area (Å²) < 4.78 is 40.5. The number of carbonyl (C=O) groups excluding carboxylic acids is 1. The Morgan fingerprint density at radius 3 is 2.86 bits per heavy atom. The molecule has 148 valence electrons. The maximum Gasteiger partial charge on any atom is 0.387 e. The average Bonchev–Trinajstić information content (AvgIpc) is 3.16. The number of esters is 1. The second kappa shape index (κ2) is 8.79. The molecule has 0 bridgehead atoms. The zero-order valence-electron chi connectivity index (χ0n) is 14.8. The molecule has 3 rings (SSSR count). The van der Waals surface area contributed by atoms with E-state index in [9.17, 15) is 18.4 Å². The predicted octanol–water partition coefficient (Wildman–Crippen LogP) is 3.20. The highest BCUT2D eigenvalue weighted by molar-refractivity contribution is 7.16. The van der Waals surface area contributed by atoms with Crippen molar-refractivity contribution >= 4 is 27.5 Å². The number of hydrogen-bond acceptors (Lipinski definition) is 7. The van der Waals surface area contributed by atoms with Crippen molar-refractivity contribution in [2.24, 2.45) is 0 Å². The van der Waals surface area contributed by atoms with Crippen molar-refractivity contribution in [1.82, 2.24) is 9.55 Å². The largest absolute Gasteiger partial charge is 0.493 e. The van der Waals surface area contributed by atoms with Crippen LogP contribution in [0.1, 0.15) is 12.0 Å². The molecule has 0 aliphatic carbocycles. The molecule has 0 N–H and O–H groups in total. The first kappa shape index (κ1) is 19.7. The minimum Gasteiger partial charge on any atom is -0.493 e. The lowest BCUT2D eigenvalue weighted by Crippen LogP contribution is -2.21. The van der Waals surface area contributed by atoms with E-state index in [0.29, 0.717) is 15.8 Å². The molecule has 2 aromatic heterocycles. The van der Waals surface area contributed by atoms with Crippen LogP contribution in [0.5, 0.6) is 11.5 Å². The average molecular weight is 410 g/mol. The quantitative estimate of drug-likeness (QED) is 0.531. The molecule has 0 aliphatic rings. The molecule has 28 heavy (non-hydrogen) atoms. The van der Waals surface area contributed by atoms with E-state index in [1.54, 1.807) is 11.4 Å². The second-order valence-corrected chi connectivity index (χ2v) is 6.55. The van der Waals surface area contributed by atoms with Gasteiger partial charge in [0.15, 0.2) is 11.5 Å². The normalized spacial score (nSPS) is 11.0. The summed E-state index contributed by atoms with van der Waals surface area (Å²) in [5, 5.41) is 2.29. The molecular formula is C18H16F2N2O5S. The first-order chi connectivity index (χ1) is 13.5. The number of benzene rings is 1. The number of halogens is 2. The summed E-state index contributed by atoms with van der Waals surface area (Å²) in [5.74, 6) is -0.511. The summed E-state index contributed by atoms with van der Waals surface area (Å²) in [6.45, 7) is -2.90. The molecule has 0 unspecified atom stereocenters. The van der Waals surface area contributed by atoms with E-state index in [-0.39, 0.29) is 36.6 Å². The summed E-state index contributed by atoms with van der Waals surface area (Å²) in [4.78, 5) is 29.1. The van der Waals surface area contributed by atoms with Gasteiger partial charge < -0.3 is 14.2 Å². The summed E-state index contributed by atoms with van der Waals surface area (Å²) in [5.41, 5.74) is 0.337. The van der Waals surface area contributed by atoms with Gasteiger partial charge in [0.2, 0.25) is 0 Å². The van der Waals surface area contributed by atoms with Gasteiger partial charge >= 0.3 is 12.6 Å². The molecule has 0 fully saturated rings. The molecule has 7 nitrogen and oxygen atoms in total. The molecule has 0 amide bonds. The molecule has 1 aromatic carbocycles. The van der Waals surface area contributed by atoms with Crippen LogP contribution < -0.4 is 15.0 Å². The lowest BCUT2D eigenvalue weighted by molar-refractivity contribution is -0.145. The van der Waals surface area contributed by atoms with Crippen molar-refractivity contribution in [2.75, 3.05) is 7.11 Å². The Kier molecular flexibility index (Phi) is 6.19. The summed E-state index contributed by atoms with van der Waals surface area (Å²) in [6, 6.07) is 5.95. The van der Waals surface area contributed by atoms with Gasteiger partial charge in [0, 0.05) is 6.54 Å². The Balaban J connectivity index is 1.56. The van der Waals surface area contributed by atoms with Crippen LogP contribution in [0.25, 0.3) is 10.2 Å². The van der Waals surface area contributed by atoms with Crippen LogP contribution in [-0.2, 0) is 22.7 Å². The Bertz CT molecular complexity index is 1030. The first-order valence-electron chi connectivity index (χ1n) is 8.18. The molecule has 3 aromatic rings. The van der Waals surface area contributed by atoms with E-state index >= 15 is 0 Å². The molecular weight excluding hydrogens is 394 g/mol. The third-order valence-corrected chi connectivity index (χ3v) is 4.67. The van der Waals surface area contributed by atoms with Gasteiger partial charge in [-0.05, 0) is 29.1 Å². The Labute approximate surface area is 162 Å². The Morgan fingerprint density at radius 2 is 2.11 bits per heavy atom. The fourth-order valence-electron chi connectivity index (χ4n) is 2.50. The zero-order chi connectivity index (χ0) is 20.1. The van der Waals surface area contributed by atoms with Crippen LogP contribution in [-0.4, -0.2) is 29.2 Å². The number of rotatable bonds is 8. The lowest BCUT2D eigenvalue weighted by atomic mass is 10.2. The molecule has 0 radical (unpaired) electrons. The van der Waals surface area contributed by atoms with Gasteiger partial charge in [-0.1, -0.05) is 6.07 Å². The number of nitrogens with zero attached hydrogens (tertiary/aromatic N) is 2. The highest BCUT2D eigenvalue weighted by Gasteiger charge is 2.12. The van der Waals surface area contributed by atoms with Crippen LogP contribution in [0.15, 0.2) is 40.8 Å². The van der Waals surface area contributed by atoms with E-state index in [4.69, 9.17) is 9.47 Å². The van der Waals surface area contributed by atoms with E-state index in [0.717, 1.165) is 0 Å². The molecule has 0 saturated carbocycles. The fraction of sp³-hybridized carbons (Fsp3) is 0.278. The van der Waals surface area contributed by atoms with Gasteiger partial charge in [-0.25, -0.2) is 4.98 Å². The molecule has 0 aliphatic heterocycles. The number of carbonyl (C=O) groups is 1. The highest BCUT2D eigenvalue weighted by atomic mass is 32.1. The molecule has 10 heteroatoms. The Morgan fingerprint density at radius 1 is 1.29 bits per heavy atom. The number of alkyl halides is 2. The van der Waals surface area contributed by atoms with Crippen molar-refractivity contribution in [2.45, 2.75) is 26.2 Å². The topological polar surface area (TPSA) is 79.7 Å².